The Morgan fingerprint density at radius 2 is 1.42 bits per heavy atom. The number of esters is 1. The summed E-state index contributed by atoms with van der Waals surface area (Å²) in [5, 5.41) is 3.13. The van der Waals surface area contributed by atoms with Gasteiger partial charge in [-0.15, -0.1) is 0 Å². The summed E-state index contributed by atoms with van der Waals surface area (Å²) in [6, 6.07) is 26.4. The maximum atomic E-state index is 13.0. The largest absolute Gasteiger partial charge is 0.482 e. The minimum atomic E-state index is -1.74. The van der Waals surface area contributed by atoms with Crippen LogP contribution in [-0.4, -0.2) is 31.7 Å². The topological polar surface area (TPSA) is 92.3 Å². The summed E-state index contributed by atoms with van der Waals surface area (Å²) in [4.78, 5) is 24.8. The predicted octanol–water partition coefficient (Wildman–Crippen LogP) is 7.82. The number of rotatable bonds is 21. The molecule has 0 aliphatic heterocycles. The van der Waals surface area contributed by atoms with Gasteiger partial charge < -0.3 is 28.4 Å². The first-order valence-electron chi connectivity index (χ1n) is 15.0. The van der Waals surface area contributed by atoms with Crippen LogP contribution in [0, 0.1) is 0 Å². The fourth-order valence-electron chi connectivity index (χ4n) is 4.19. The Labute approximate surface area is 257 Å². The highest BCUT2D eigenvalue weighted by atomic mass is 31.2. The first kappa shape index (κ1) is 34.2. The number of carbonyl (C=O) groups is 2. The van der Waals surface area contributed by atoms with Crippen molar-refractivity contribution < 1.29 is 32.6 Å². The van der Waals surface area contributed by atoms with E-state index in [0.717, 1.165) is 42.4 Å². The van der Waals surface area contributed by atoms with E-state index < -0.39 is 20.6 Å². The lowest BCUT2D eigenvalue weighted by atomic mass is 10.1. The van der Waals surface area contributed by atoms with Crippen LogP contribution in [0.3, 0.4) is 0 Å². The van der Waals surface area contributed by atoms with E-state index in [1.165, 1.54) is 6.42 Å². The highest BCUT2D eigenvalue weighted by Crippen LogP contribution is 2.42. The summed E-state index contributed by atoms with van der Waals surface area (Å²) in [6.45, 7) is 4.78. The van der Waals surface area contributed by atoms with E-state index in [2.05, 4.69) is 12.2 Å². The molecule has 8 nitrogen and oxygen atoms in total. The van der Waals surface area contributed by atoms with Gasteiger partial charge in [0.05, 0.1) is 32.5 Å². The third-order valence-corrected chi connectivity index (χ3v) is 7.51. The van der Waals surface area contributed by atoms with E-state index in [-0.39, 0.29) is 25.7 Å². The van der Waals surface area contributed by atoms with E-state index in [1.54, 1.807) is 19.1 Å². The van der Waals surface area contributed by atoms with Crippen molar-refractivity contribution in [1.82, 2.24) is 5.32 Å². The second kappa shape index (κ2) is 20.6. The normalized spacial score (nSPS) is 11.7. The van der Waals surface area contributed by atoms with E-state index in [4.69, 9.17) is 23.0 Å². The fourth-order valence-corrected chi connectivity index (χ4v) is 5.20. The summed E-state index contributed by atoms with van der Waals surface area (Å²) in [5.74, 6) is -0.00380. The predicted molar refractivity (Wildman–Crippen MR) is 168 cm³/mol. The van der Waals surface area contributed by atoms with Crippen LogP contribution in [0.5, 0.6) is 5.75 Å². The lowest BCUT2D eigenvalue weighted by Gasteiger charge is -2.23. The minimum absolute atomic E-state index is 0.0531. The van der Waals surface area contributed by atoms with Crippen molar-refractivity contribution in [2.45, 2.75) is 71.6 Å². The third kappa shape index (κ3) is 14.2. The van der Waals surface area contributed by atoms with Gasteiger partial charge in [0.15, 0.2) is 6.61 Å². The molecule has 0 heterocycles. The Kier molecular flexibility index (Phi) is 16.4. The molecule has 1 atom stereocenters. The summed E-state index contributed by atoms with van der Waals surface area (Å²) in [6.07, 6.45) is 5.73. The van der Waals surface area contributed by atoms with Crippen LogP contribution in [-0.2, 0) is 41.1 Å². The zero-order chi connectivity index (χ0) is 30.5. The molecule has 0 aliphatic rings. The molecule has 0 spiro atoms. The van der Waals surface area contributed by atoms with Crippen molar-refractivity contribution in [3.05, 3.63) is 102 Å². The van der Waals surface area contributed by atoms with Gasteiger partial charge in [-0.25, -0.2) is 4.79 Å². The minimum Gasteiger partial charge on any atom is -0.482 e. The van der Waals surface area contributed by atoms with E-state index in [0.29, 0.717) is 25.4 Å². The molecule has 3 aromatic carbocycles. The average Bonchev–Trinajstić information content (AvgIpc) is 3.04. The van der Waals surface area contributed by atoms with Gasteiger partial charge in [-0.2, -0.15) is 0 Å². The fraction of sp³-hybridized carbons (Fsp3) is 0.412. The second-order valence-electron chi connectivity index (χ2n) is 9.99. The maximum Gasteiger partial charge on any atom is 0.344 e. The third-order valence-electron chi connectivity index (χ3n) is 6.47. The zero-order valence-corrected chi connectivity index (χ0v) is 26.1. The van der Waals surface area contributed by atoms with Crippen LogP contribution in [0.1, 0.15) is 75.1 Å². The van der Waals surface area contributed by atoms with Crippen molar-refractivity contribution >= 4 is 20.5 Å². The smallest absolute Gasteiger partial charge is 0.344 e. The van der Waals surface area contributed by atoms with Crippen molar-refractivity contribution in [3.8, 4) is 5.75 Å². The number of unbranched alkanes of at least 4 members (excludes halogenated alkanes) is 4. The second-order valence-corrected chi connectivity index (χ2v) is 11.2. The van der Waals surface area contributed by atoms with Gasteiger partial charge in [-0.1, -0.05) is 105 Å². The first-order chi connectivity index (χ1) is 21.1. The number of ether oxygens (including phenoxy) is 2. The molecular formula is C34H44NO7P. The molecule has 232 valence electrons. The molecule has 1 N–H and O–H groups in total. The first-order valence-corrected chi connectivity index (χ1v) is 16.1. The van der Waals surface area contributed by atoms with Crippen LogP contribution >= 0.6 is 8.60 Å². The summed E-state index contributed by atoms with van der Waals surface area (Å²) in [5.41, 5.74) is 2.78. The molecule has 1 amide bonds. The standard InChI is InChI=1S/C34H44NO7P/c1-3-5-6-7-14-22-33(36)35-32(30-20-15-21-31(23-30)39-27-34(37)38-4-2)26-42-43(40-24-28-16-10-8-11-17-28)41-25-29-18-12-9-13-19-29/h8-13,15-21,23,32H,3-7,14,22,24-27H2,1-2H3,(H,35,36). The Morgan fingerprint density at radius 1 is 0.767 bits per heavy atom. The van der Waals surface area contributed by atoms with Crippen molar-refractivity contribution in [2.24, 2.45) is 0 Å². The summed E-state index contributed by atoms with van der Waals surface area (Å²) < 4.78 is 29.0. The Morgan fingerprint density at radius 3 is 2.05 bits per heavy atom. The van der Waals surface area contributed by atoms with E-state index in [1.807, 2.05) is 72.8 Å². The van der Waals surface area contributed by atoms with Gasteiger partial charge in [0.2, 0.25) is 5.91 Å². The number of nitrogens with one attached hydrogen (secondary N) is 1. The Bertz CT molecular complexity index is 1150. The van der Waals surface area contributed by atoms with Crippen molar-refractivity contribution in [3.63, 3.8) is 0 Å². The molecule has 1 unspecified atom stereocenters. The molecule has 0 fully saturated rings. The highest BCUT2D eigenvalue weighted by Gasteiger charge is 2.21. The highest BCUT2D eigenvalue weighted by molar-refractivity contribution is 7.41. The van der Waals surface area contributed by atoms with Gasteiger partial charge in [0, 0.05) is 6.42 Å². The monoisotopic (exact) mass is 609 g/mol. The van der Waals surface area contributed by atoms with Crippen LogP contribution in [0.4, 0.5) is 0 Å². The van der Waals surface area contributed by atoms with Gasteiger partial charge in [-0.05, 0) is 42.2 Å². The molecule has 9 heteroatoms. The molecule has 0 radical (unpaired) electrons. The van der Waals surface area contributed by atoms with Crippen molar-refractivity contribution in [1.29, 1.82) is 0 Å². The lowest BCUT2D eigenvalue weighted by Crippen LogP contribution is -2.31. The Hall–Kier alpha value is -3.29. The number of carbonyl (C=O) groups excluding carboxylic acids is 2. The Balaban J connectivity index is 1.70. The number of benzene rings is 3. The van der Waals surface area contributed by atoms with Crippen LogP contribution < -0.4 is 10.1 Å². The molecular weight excluding hydrogens is 565 g/mol. The molecule has 3 rings (SSSR count). The summed E-state index contributed by atoms with van der Waals surface area (Å²) >= 11 is 0. The van der Waals surface area contributed by atoms with Crippen LogP contribution in [0.25, 0.3) is 0 Å². The molecule has 0 aliphatic carbocycles. The van der Waals surface area contributed by atoms with Gasteiger partial charge in [0.1, 0.15) is 5.75 Å². The van der Waals surface area contributed by atoms with Gasteiger partial charge in [0.25, 0.3) is 0 Å². The van der Waals surface area contributed by atoms with Crippen LogP contribution in [0.2, 0.25) is 0 Å². The number of amides is 1. The summed E-state index contributed by atoms with van der Waals surface area (Å²) in [7, 11) is -1.74. The van der Waals surface area contributed by atoms with Crippen LogP contribution in [0.15, 0.2) is 84.9 Å². The maximum absolute atomic E-state index is 13.0. The van der Waals surface area contributed by atoms with Gasteiger partial charge >= 0.3 is 14.6 Å². The molecule has 0 saturated heterocycles. The lowest BCUT2D eigenvalue weighted by molar-refractivity contribution is -0.145. The molecule has 43 heavy (non-hydrogen) atoms. The van der Waals surface area contributed by atoms with Gasteiger partial charge in [-0.3, -0.25) is 4.79 Å². The SMILES string of the molecule is CCCCCCCC(=O)NC(COP(OCc1ccccc1)OCc1ccccc1)c1cccc(OCC(=O)OCC)c1. The average molecular weight is 610 g/mol. The molecule has 0 aromatic heterocycles. The zero-order valence-electron chi connectivity index (χ0n) is 25.2. The molecule has 0 bridgehead atoms. The molecule has 3 aromatic rings. The van der Waals surface area contributed by atoms with E-state index in [9.17, 15) is 9.59 Å². The molecule has 0 saturated carbocycles. The van der Waals surface area contributed by atoms with Crippen molar-refractivity contribution in [2.75, 3.05) is 19.8 Å². The van der Waals surface area contributed by atoms with E-state index >= 15 is 0 Å². The number of hydrogen-bond donors (Lipinski definition) is 1. The number of hydrogen-bond acceptors (Lipinski definition) is 7. The quantitative estimate of drug-likeness (QED) is 0.0748.